The van der Waals surface area contributed by atoms with Crippen molar-refractivity contribution in [3.05, 3.63) is 78.9 Å². The fourth-order valence-corrected chi connectivity index (χ4v) is 5.88. The summed E-state index contributed by atoms with van der Waals surface area (Å²) in [5, 5.41) is 5.74. The lowest BCUT2D eigenvalue weighted by molar-refractivity contribution is 0.0193. The molecule has 2 aromatic carbocycles. The van der Waals surface area contributed by atoms with E-state index in [1.165, 1.54) is 0 Å². The lowest BCUT2D eigenvalue weighted by Crippen LogP contribution is -2.58. The van der Waals surface area contributed by atoms with Crippen LogP contribution in [-0.4, -0.2) is 61.3 Å². The van der Waals surface area contributed by atoms with E-state index >= 15 is 0 Å². The Morgan fingerprint density at radius 2 is 1.63 bits per heavy atom. The maximum Gasteiger partial charge on any atom is 0.410 e. The van der Waals surface area contributed by atoms with Crippen LogP contribution in [0.25, 0.3) is 38.8 Å². The Hall–Kier alpha value is -4.46. The van der Waals surface area contributed by atoms with Gasteiger partial charge < -0.3 is 14.5 Å². The highest BCUT2D eigenvalue weighted by Gasteiger charge is 2.34. The zero-order valence-corrected chi connectivity index (χ0v) is 24.5. The standard InChI is InChI=1S/C33H36N6O2/c1-21-15-28(27-9-7-8-10-30(27)36-21)29-17-35-38-20-25(16-34-31(29)38)24-11-13-26(14-12-24)39-22(2)18-37(19-23(39)3)32(40)41-33(4,5)6/h7-17,20,22-23H,18-19H2,1-6H3. The van der Waals surface area contributed by atoms with Crippen LogP contribution in [-0.2, 0) is 4.74 Å². The molecular weight excluding hydrogens is 512 g/mol. The number of nitrogens with zero attached hydrogens (tertiary/aromatic N) is 6. The molecule has 1 aliphatic heterocycles. The Labute approximate surface area is 240 Å². The molecular formula is C33H36N6O2. The minimum Gasteiger partial charge on any atom is -0.444 e. The van der Waals surface area contributed by atoms with Gasteiger partial charge in [-0.1, -0.05) is 30.3 Å². The smallest absolute Gasteiger partial charge is 0.410 e. The number of para-hydroxylation sites is 1. The number of aryl methyl sites for hydroxylation is 1. The van der Waals surface area contributed by atoms with Crippen LogP contribution in [0.5, 0.6) is 0 Å². The summed E-state index contributed by atoms with van der Waals surface area (Å²) in [6, 6.07) is 19.1. The third kappa shape index (κ3) is 5.22. The summed E-state index contributed by atoms with van der Waals surface area (Å²) in [6.45, 7) is 13.3. The van der Waals surface area contributed by atoms with Gasteiger partial charge >= 0.3 is 6.09 Å². The molecule has 2 unspecified atom stereocenters. The van der Waals surface area contributed by atoms with Gasteiger partial charge in [-0.15, -0.1) is 0 Å². The van der Waals surface area contributed by atoms with E-state index in [4.69, 9.17) is 9.72 Å². The molecule has 0 N–H and O–H groups in total. The van der Waals surface area contributed by atoms with Crippen LogP contribution in [0.15, 0.2) is 73.2 Å². The van der Waals surface area contributed by atoms with Gasteiger partial charge in [0.05, 0.1) is 11.7 Å². The molecule has 0 aliphatic carbocycles. The highest BCUT2D eigenvalue weighted by Crippen LogP contribution is 2.32. The van der Waals surface area contributed by atoms with E-state index in [2.05, 4.69) is 65.2 Å². The van der Waals surface area contributed by atoms with Crippen molar-refractivity contribution in [2.45, 2.75) is 59.2 Å². The zero-order chi connectivity index (χ0) is 28.9. The number of pyridine rings is 1. The average molecular weight is 549 g/mol. The van der Waals surface area contributed by atoms with E-state index in [-0.39, 0.29) is 18.2 Å². The van der Waals surface area contributed by atoms with Gasteiger partial charge in [-0.3, -0.25) is 4.98 Å². The molecule has 0 radical (unpaired) electrons. The molecule has 3 aromatic heterocycles. The van der Waals surface area contributed by atoms with Crippen molar-refractivity contribution in [1.29, 1.82) is 0 Å². The number of aromatic nitrogens is 4. The number of ether oxygens (including phenoxy) is 1. The first-order chi connectivity index (χ1) is 19.6. The Morgan fingerprint density at radius 1 is 0.927 bits per heavy atom. The molecule has 2 atom stereocenters. The Balaban J connectivity index is 1.23. The summed E-state index contributed by atoms with van der Waals surface area (Å²) < 4.78 is 7.46. The summed E-state index contributed by atoms with van der Waals surface area (Å²) in [6.07, 6.45) is 5.58. The van der Waals surface area contributed by atoms with E-state index in [0.29, 0.717) is 13.1 Å². The van der Waals surface area contributed by atoms with Crippen LogP contribution in [0.3, 0.4) is 0 Å². The lowest BCUT2D eigenvalue weighted by Gasteiger charge is -2.45. The Bertz CT molecular complexity index is 1730. The molecule has 0 bridgehead atoms. The largest absolute Gasteiger partial charge is 0.444 e. The van der Waals surface area contributed by atoms with Gasteiger partial charge in [0.1, 0.15) is 5.60 Å². The first kappa shape index (κ1) is 26.7. The van der Waals surface area contributed by atoms with E-state index in [9.17, 15) is 4.79 Å². The van der Waals surface area contributed by atoms with Crippen molar-refractivity contribution in [2.24, 2.45) is 0 Å². The molecule has 41 heavy (non-hydrogen) atoms. The fraction of sp³-hybridized carbons (Fsp3) is 0.333. The number of carbonyl (C=O) groups is 1. The van der Waals surface area contributed by atoms with Crippen LogP contribution >= 0.6 is 0 Å². The average Bonchev–Trinajstić information content (AvgIpc) is 3.35. The number of fused-ring (bicyclic) bond motifs is 2. The molecule has 6 rings (SSSR count). The highest BCUT2D eigenvalue weighted by atomic mass is 16.6. The SMILES string of the molecule is Cc1cc(-c2cnn3cc(-c4ccc(N5C(C)CN(C(=O)OC(C)(C)C)CC5C)cc4)cnc23)c2ccccc2n1. The number of rotatable bonds is 3. The van der Waals surface area contributed by atoms with Gasteiger partial charge in [-0.25, -0.2) is 14.3 Å². The maximum atomic E-state index is 12.7. The fourth-order valence-electron chi connectivity index (χ4n) is 5.88. The number of hydrogen-bond acceptors (Lipinski definition) is 6. The quantitative estimate of drug-likeness (QED) is 0.248. The zero-order valence-electron chi connectivity index (χ0n) is 24.5. The first-order valence-electron chi connectivity index (χ1n) is 14.1. The summed E-state index contributed by atoms with van der Waals surface area (Å²) >= 11 is 0. The number of hydrogen-bond donors (Lipinski definition) is 0. The van der Waals surface area contributed by atoms with Crippen LogP contribution in [0, 0.1) is 6.92 Å². The third-order valence-electron chi connectivity index (χ3n) is 7.56. The molecule has 210 valence electrons. The predicted octanol–water partition coefficient (Wildman–Crippen LogP) is 6.75. The second-order valence-corrected chi connectivity index (χ2v) is 12.0. The van der Waals surface area contributed by atoms with Crippen LogP contribution in [0.1, 0.15) is 40.3 Å². The monoisotopic (exact) mass is 548 g/mol. The molecule has 4 heterocycles. The summed E-state index contributed by atoms with van der Waals surface area (Å²) in [7, 11) is 0. The lowest BCUT2D eigenvalue weighted by atomic mass is 10.0. The highest BCUT2D eigenvalue weighted by molar-refractivity contribution is 5.98. The van der Waals surface area contributed by atoms with Crippen LogP contribution in [0.4, 0.5) is 10.5 Å². The molecule has 1 fully saturated rings. The molecule has 8 nitrogen and oxygen atoms in total. The molecule has 1 saturated heterocycles. The van der Waals surface area contributed by atoms with E-state index in [1.807, 2.05) is 73.9 Å². The van der Waals surface area contributed by atoms with Gasteiger partial charge in [-0.05, 0) is 76.9 Å². The number of benzene rings is 2. The third-order valence-corrected chi connectivity index (χ3v) is 7.56. The van der Waals surface area contributed by atoms with Crippen molar-refractivity contribution < 1.29 is 9.53 Å². The van der Waals surface area contributed by atoms with Gasteiger partial charge in [0.25, 0.3) is 0 Å². The van der Waals surface area contributed by atoms with Gasteiger partial charge in [0, 0.05) is 65.5 Å². The van der Waals surface area contributed by atoms with Crippen molar-refractivity contribution in [1.82, 2.24) is 24.5 Å². The van der Waals surface area contributed by atoms with Crippen LogP contribution in [0.2, 0.25) is 0 Å². The number of carbonyl (C=O) groups excluding carboxylic acids is 1. The molecule has 1 aliphatic rings. The van der Waals surface area contributed by atoms with Crippen molar-refractivity contribution in [3.63, 3.8) is 0 Å². The molecule has 5 aromatic rings. The predicted molar refractivity (Wildman–Crippen MR) is 163 cm³/mol. The maximum absolute atomic E-state index is 12.7. The summed E-state index contributed by atoms with van der Waals surface area (Å²) in [4.78, 5) is 26.4. The first-order valence-corrected chi connectivity index (χ1v) is 14.1. The van der Waals surface area contributed by atoms with Gasteiger partial charge in [0.2, 0.25) is 0 Å². The van der Waals surface area contributed by atoms with Gasteiger partial charge in [0.15, 0.2) is 5.65 Å². The summed E-state index contributed by atoms with van der Waals surface area (Å²) in [5.41, 5.74) is 7.50. The molecule has 0 saturated carbocycles. The van der Waals surface area contributed by atoms with E-state index in [1.54, 1.807) is 0 Å². The molecule has 0 spiro atoms. The number of amides is 1. The molecule has 8 heteroatoms. The Morgan fingerprint density at radius 3 is 2.34 bits per heavy atom. The van der Waals surface area contributed by atoms with E-state index < -0.39 is 5.60 Å². The van der Waals surface area contributed by atoms with Crippen molar-refractivity contribution >= 4 is 28.3 Å². The second kappa shape index (κ2) is 10.2. The second-order valence-electron chi connectivity index (χ2n) is 12.0. The Kier molecular flexibility index (Phi) is 6.64. The van der Waals surface area contributed by atoms with E-state index in [0.717, 1.165) is 50.2 Å². The minimum absolute atomic E-state index is 0.158. The topological polar surface area (TPSA) is 75.9 Å². The molecule has 1 amide bonds. The van der Waals surface area contributed by atoms with Gasteiger partial charge in [-0.2, -0.15) is 5.10 Å². The summed E-state index contributed by atoms with van der Waals surface area (Å²) in [5.74, 6) is 0. The van der Waals surface area contributed by atoms with Crippen molar-refractivity contribution in [2.75, 3.05) is 18.0 Å². The minimum atomic E-state index is -0.501. The number of anilines is 1. The normalized spacial score (nSPS) is 17.8. The van der Waals surface area contributed by atoms with Crippen LogP contribution < -0.4 is 4.90 Å². The van der Waals surface area contributed by atoms with Crippen molar-refractivity contribution in [3.8, 4) is 22.3 Å². The number of piperazine rings is 1.